The number of methoxy groups -OCH3 is 1. The minimum Gasteiger partial charge on any atom is -0.383 e. The lowest BCUT2D eigenvalue weighted by Gasteiger charge is -2.26. The van der Waals surface area contributed by atoms with E-state index < -0.39 is 0 Å². The number of amides is 3. The molecule has 1 fully saturated rings. The van der Waals surface area contributed by atoms with Crippen molar-refractivity contribution in [2.45, 2.75) is 12.8 Å². The number of ether oxygens (including phenoxy) is 2. The van der Waals surface area contributed by atoms with Crippen LogP contribution in [-0.4, -0.2) is 98.7 Å². The lowest BCUT2D eigenvalue weighted by atomic mass is 10.2. The Hall–Kier alpha value is -2.86. The Bertz CT molecular complexity index is 949. The smallest absolute Gasteiger partial charge is 0.254 e. The number of aromatic nitrogens is 1. The van der Waals surface area contributed by atoms with E-state index >= 15 is 0 Å². The summed E-state index contributed by atoms with van der Waals surface area (Å²) in [5, 5.41) is 7.79. The zero-order valence-electron chi connectivity index (χ0n) is 20.0. The van der Waals surface area contributed by atoms with E-state index in [0.717, 1.165) is 39.3 Å². The molecule has 1 aromatic carbocycles. The molecule has 0 bridgehead atoms. The van der Waals surface area contributed by atoms with E-state index in [2.05, 4.69) is 20.5 Å². The van der Waals surface area contributed by atoms with Crippen LogP contribution < -0.4 is 10.6 Å². The lowest BCUT2D eigenvalue weighted by Crippen LogP contribution is -2.40. The van der Waals surface area contributed by atoms with Gasteiger partial charge in [-0.15, -0.1) is 11.3 Å². The molecule has 3 amide bonds. The van der Waals surface area contributed by atoms with Crippen molar-refractivity contribution in [3.05, 3.63) is 47.0 Å². The molecule has 0 saturated carbocycles. The Labute approximate surface area is 209 Å². The van der Waals surface area contributed by atoms with Crippen molar-refractivity contribution in [2.75, 3.05) is 71.5 Å². The SMILES string of the molecule is COCCN(CC(=O)Nc1nc(CC(=O)NCCCN2CCOCC2)cs1)C(=O)c1ccccc1. The van der Waals surface area contributed by atoms with Gasteiger partial charge < -0.3 is 25.0 Å². The quantitative estimate of drug-likeness (QED) is 0.396. The van der Waals surface area contributed by atoms with Gasteiger partial charge in [-0.2, -0.15) is 0 Å². The van der Waals surface area contributed by atoms with Gasteiger partial charge in [0.1, 0.15) is 6.54 Å². The maximum absolute atomic E-state index is 12.8. The molecule has 190 valence electrons. The molecule has 0 unspecified atom stereocenters. The summed E-state index contributed by atoms with van der Waals surface area (Å²) in [4.78, 5) is 45.7. The number of nitrogens with one attached hydrogen (secondary N) is 2. The summed E-state index contributed by atoms with van der Waals surface area (Å²) >= 11 is 1.25. The van der Waals surface area contributed by atoms with Gasteiger partial charge in [0.15, 0.2) is 5.13 Å². The first-order valence-electron chi connectivity index (χ1n) is 11.7. The molecule has 0 aliphatic carbocycles. The van der Waals surface area contributed by atoms with E-state index in [0.29, 0.717) is 29.5 Å². The topological polar surface area (TPSA) is 113 Å². The second-order valence-electron chi connectivity index (χ2n) is 8.11. The third-order valence-electron chi connectivity index (χ3n) is 5.42. The summed E-state index contributed by atoms with van der Waals surface area (Å²) in [5.41, 5.74) is 1.09. The Kier molecular flexibility index (Phi) is 11.1. The summed E-state index contributed by atoms with van der Waals surface area (Å²) in [5.74, 6) is -0.712. The van der Waals surface area contributed by atoms with Crippen molar-refractivity contribution in [3.8, 4) is 0 Å². The summed E-state index contributed by atoms with van der Waals surface area (Å²) in [7, 11) is 1.54. The monoisotopic (exact) mass is 503 g/mol. The van der Waals surface area contributed by atoms with Gasteiger partial charge in [-0.3, -0.25) is 19.3 Å². The third-order valence-corrected chi connectivity index (χ3v) is 6.23. The number of thiazole rings is 1. The Morgan fingerprint density at radius 1 is 1.17 bits per heavy atom. The fourth-order valence-electron chi connectivity index (χ4n) is 3.58. The minimum absolute atomic E-state index is 0.102. The summed E-state index contributed by atoms with van der Waals surface area (Å²) in [6.07, 6.45) is 1.03. The first kappa shape index (κ1) is 26.7. The van der Waals surface area contributed by atoms with E-state index in [1.54, 1.807) is 36.8 Å². The molecule has 1 aliphatic heterocycles. The summed E-state index contributed by atoms with van der Waals surface area (Å²) in [6, 6.07) is 8.80. The van der Waals surface area contributed by atoms with E-state index in [1.807, 2.05) is 6.07 Å². The predicted octanol–water partition coefficient (Wildman–Crippen LogP) is 1.25. The van der Waals surface area contributed by atoms with Gasteiger partial charge in [-0.25, -0.2) is 4.98 Å². The van der Waals surface area contributed by atoms with E-state index in [4.69, 9.17) is 9.47 Å². The fraction of sp³-hybridized carbons (Fsp3) is 0.500. The number of benzene rings is 1. The van der Waals surface area contributed by atoms with Crippen LogP contribution in [0.3, 0.4) is 0 Å². The minimum atomic E-state index is -0.362. The number of rotatable bonds is 13. The number of nitrogens with zero attached hydrogens (tertiary/aromatic N) is 3. The molecule has 0 spiro atoms. The van der Waals surface area contributed by atoms with Crippen molar-refractivity contribution in [3.63, 3.8) is 0 Å². The van der Waals surface area contributed by atoms with Gasteiger partial charge in [-0.05, 0) is 25.1 Å². The lowest BCUT2D eigenvalue weighted by molar-refractivity contribution is -0.120. The molecule has 1 saturated heterocycles. The van der Waals surface area contributed by atoms with Crippen LogP contribution in [0.2, 0.25) is 0 Å². The second kappa shape index (κ2) is 14.5. The van der Waals surface area contributed by atoms with Crippen LogP contribution in [0.15, 0.2) is 35.7 Å². The van der Waals surface area contributed by atoms with Crippen LogP contribution >= 0.6 is 11.3 Å². The first-order chi connectivity index (χ1) is 17.0. The van der Waals surface area contributed by atoms with Gasteiger partial charge in [0.05, 0.1) is 31.9 Å². The number of hydrogen-bond acceptors (Lipinski definition) is 8. The van der Waals surface area contributed by atoms with Crippen LogP contribution in [0.25, 0.3) is 0 Å². The molecule has 3 rings (SSSR count). The standard InChI is InChI=1S/C24H33N5O5S/c1-33-13-12-29(23(32)19-6-3-2-4-7-19)17-22(31)27-24-26-20(18-35-24)16-21(30)25-8-5-9-28-10-14-34-15-11-28/h2-4,6-7,18H,5,8-17H2,1H3,(H,25,30)(H,26,27,31). The molecule has 1 aromatic heterocycles. The Morgan fingerprint density at radius 2 is 1.94 bits per heavy atom. The second-order valence-corrected chi connectivity index (χ2v) is 8.97. The highest BCUT2D eigenvalue weighted by Crippen LogP contribution is 2.16. The van der Waals surface area contributed by atoms with Gasteiger partial charge in [0, 0.05) is 44.2 Å². The number of hydrogen-bond donors (Lipinski definition) is 2. The number of carbonyl (C=O) groups excluding carboxylic acids is 3. The average molecular weight is 504 g/mol. The van der Waals surface area contributed by atoms with Crippen LogP contribution in [0.5, 0.6) is 0 Å². The van der Waals surface area contributed by atoms with E-state index in [1.165, 1.54) is 16.2 Å². The molecular formula is C24H33N5O5S. The molecule has 35 heavy (non-hydrogen) atoms. The molecule has 2 N–H and O–H groups in total. The molecule has 11 heteroatoms. The third kappa shape index (κ3) is 9.36. The molecule has 0 atom stereocenters. The van der Waals surface area contributed by atoms with E-state index in [-0.39, 0.29) is 37.2 Å². The summed E-state index contributed by atoms with van der Waals surface area (Å²) < 4.78 is 10.4. The maximum Gasteiger partial charge on any atom is 0.254 e. The highest BCUT2D eigenvalue weighted by atomic mass is 32.1. The number of anilines is 1. The molecule has 2 heterocycles. The molecular weight excluding hydrogens is 470 g/mol. The largest absolute Gasteiger partial charge is 0.383 e. The van der Waals surface area contributed by atoms with Crippen LogP contribution in [0.1, 0.15) is 22.5 Å². The van der Waals surface area contributed by atoms with Crippen LogP contribution in [-0.2, 0) is 25.5 Å². The average Bonchev–Trinajstić information content (AvgIpc) is 3.31. The Balaban J connectivity index is 1.42. The van der Waals surface area contributed by atoms with Crippen LogP contribution in [0.4, 0.5) is 5.13 Å². The molecule has 1 aliphatic rings. The molecule has 0 radical (unpaired) electrons. The highest BCUT2D eigenvalue weighted by molar-refractivity contribution is 7.13. The van der Waals surface area contributed by atoms with Crippen molar-refractivity contribution in [2.24, 2.45) is 0 Å². The zero-order valence-corrected chi connectivity index (χ0v) is 20.8. The predicted molar refractivity (Wildman–Crippen MR) is 134 cm³/mol. The number of morpholine rings is 1. The van der Waals surface area contributed by atoms with Gasteiger partial charge >= 0.3 is 0 Å². The van der Waals surface area contributed by atoms with Crippen LogP contribution in [0, 0.1) is 0 Å². The molecule has 2 aromatic rings. The van der Waals surface area contributed by atoms with Gasteiger partial charge in [-0.1, -0.05) is 18.2 Å². The van der Waals surface area contributed by atoms with Crippen molar-refractivity contribution in [1.82, 2.24) is 20.1 Å². The summed E-state index contributed by atoms with van der Waals surface area (Å²) in [6.45, 7) is 5.42. The van der Waals surface area contributed by atoms with Crippen molar-refractivity contribution >= 4 is 34.2 Å². The fourth-order valence-corrected chi connectivity index (χ4v) is 4.30. The van der Waals surface area contributed by atoms with Crippen molar-refractivity contribution < 1.29 is 23.9 Å². The van der Waals surface area contributed by atoms with Gasteiger partial charge in [0.25, 0.3) is 5.91 Å². The Morgan fingerprint density at radius 3 is 2.69 bits per heavy atom. The number of carbonyl (C=O) groups is 3. The van der Waals surface area contributed by atoms with E-state index in [9.17, 15) is 14.4 Å². The maximum atomic E-state index is 12.8. The highest BCUT2D eigenvalue weighted by Gasteiger charge is 2.19. The normalized spacial score (nSPS) is 13.9. The first-order valence-corrected chi connectivity index (χ1v) is 12.6. The molecule has 10 nitrogen and oxygen atoms in total. The zero-order chi connectivity index (χ0) is 24.9. The van der Waals surface area contributed by atoms with Crippen molar-refractivity contribution in [1.29, 1.82) is 0 Å². The van der Waals surface area contributed by atoms with Gasteiger partial charge in [0.2, 0.25) is 11.8 Å².